The van der Waals surface area contributed by atoms with Crippen LogP contribution in [0.25, 0.3) is 17.0 Å². The Hall–Kier alpha value is -3.69. The van der Waals surface area contributed by atoms with Crippen molar-refractivity contribution in [2.75, 3.05) is 0 Å². The molecule has 2 bridgehead atoms. The van der Waals surface area contributed by atoms with Crippen LogP contribution in [0.4, 0.5) is 13.2 Å². The van der Waals surface area contributed by atoms with Gasteiger partial charge in [0, 0.05) is 36.1 Å². The second-order valence-electron chi connectivity index (χ2n) is 8.99. The number of piperidine rings is 1. The van der Waals surface area contributed by atoms with Gasteiger partial charge < -0.3 is 4.90 Å². The van der Waals surface area contributed by atoms with Gasteiger partial charge in [0.2, 0.25) is 5.78 Å². The minimum Gasteiger partial charge on any atom is -0.325 e. The highest BCUT2D eigenvalue weighted by Crippen LogP contribution is 2.45. The van der Waals surface area contributed by atoms with Crippen molar-refractivity contribution in [1.82, 2.24) is 29.0 Å². The van der Waals surface area contributed by atoms with E-state index < -0.39 is 17.5 Å². The minimum absolute atomic E-state index is 0.0965. The minimum atomic E-state index is -1.49. The molecule has 0 N–H and O–H groups in total. The zero-order chi connectivity index (χ0) is 23.7. The van der Waals surface area contributed by atoms with E-state index in [2.05, 4.69) is 15.1 Å². The predicted molar refractivity (Wildman–Crippen MR) is 116 cm³/mol. The number of hydrogen-bond donors (Lipinski definition) is 0. The SMILES string of the molecule is Cc1ccn2c(C(=O)N3[C@@H]4CCC[C@@H]3c3nn(C)c(-c5cc(F)c(F)c(F)c5)c3C4)cnc2n1. The van der Waals surface area contributed by atoms with Gasteiger partial charge in [0.1, 0.15) is 5.69 Å². The number of rotatable bonds is 2. The highest BCUT2D eigenvalue weighted by atomic mass is 19.2. The van der Waals surface area contributed by atoms with Gasteiger partial charge in [0.15, 0.2) is 17.5 Å². The molecule has 0 unspecified atom stereocenters. The first-order valence-electron chi connectivity index (χ1n) is 11.2. The fourth-order valence-electron chi connectivity index (χ4n) is 5.45. The van der Waals surface area contributed by atoms with Crippen LogP contribution in [0.5, 0.6) is 0 Å². The lowest BCUT2D eigenvalue weighted by molar-refractivity contribution is 0.0385. The van der Waals surface area contributed by atoms with Crippen molar-refractivity contribution in [3.63, 3.8) is 0 Å². The van der Waals surface area contributed by atoms with Crippen LogP contribution >= 0.6 is 0 Å². The number of carbonyl (C=O) groups is 1. The van der Waals surface area contributed by atoms with E-state index in [1.807, 2.05) is 17.9 Å². The summed E-state index contributed by atoms with van der Waals surface area (Å²) in [6, 6.07) is 3.45. The lowest BCUT2D eigenvalue weighted by atomic mass is 9.81. The molecule has 1 saturated heterocycles. The smallest absolute Gasteiger partial charge is 0.273 e. The molecule has 0 aliphatic carbocycles. The average Bonchev–Trinajstić information content (AvgIpc) is 3.36. The summed E-state index contributed by atoms with van der Waals surface area (Å²) in [6.07, 6.45) is 6.30. The summed E-state index contributed by atoms with van der Waals surface area (Å²) in [5.74, 6) is -3.66. The molecular formula is C24H21F3N6O. The molecule has 7 nitrogen and oxygen atoms in total. The maximum absolute atomic E-state index is 14.0. The molecule has 2 aliphatic heterocycles. The van der Waals surface area contributed by atoms with Crippen molar-refractivity contribution >= 4 is 11.7 Å². The molecule has 0 radical (unpaired) electrons. The Morgan fingerprint density at radius 3 is 2.68 bits per heavy atom. The molecule has 174 valence electrons. The Balaban J connectivity index is 1.44. The highest BCUT2D eigenvalue weighted by Gasteiger charge is 2.44. The number of fused-ring (bicyclic) bond motifs is 5. The molecule has 0 spiro atoms. The monoisotopic (exact) mass is 466 g/mol. The van der Waals surface area contributed by atoms with Crippen LogP contribution in [0.15, 0.2) is 30.6 Å². The number of hydrogen-bond acceptors (Lipinski definition) is 4. The molecule has 1 fully saturated rings. The number of aryl methyl sites for hydroxylation is 2. The number of nitrogens with zero attached hydrogens (tertiary/aromatic N) is 6. The second-order valence-corrected chi connectivity index (χ2v) is 8.99. The number of benzene rings is 1. The zero-order valence-corrected chi connectivity index (χ0v) is 18.6. The highest BCUT2D eigenvalue weighted by molar-refractivity contribution is 5.94. The second kappa shape index (κ2) is 7.41. The van der Waals surface area contributed by atoms with Crippen molar-refractivity contribution < 1.29 is 18.0 Å². The van der Waals surface area contributed by atoms with Crippen LogP contribution in [-0.4, -0.2) is 41.0 Å². The van der Waals surface area contributed by atoms with Crippen LogP contribution in [0.2, 0.25) is 0 Å². The zero-order valence-electron chi connectivity index (χ0n) is 18.6. The van der Waals surface area contributed by atoms with Crippen molar-refractivity contribution in [2.24, 2.45) is 7.05 Å². The molecule has 0 saturated carbocycles. The van der Waals surface area contributed by atoms with Crippen LogP contribution in [-0.2, 0) is 13.5 Å². The number of aromatic nitrogens is 5. The van der Waals surface area contributed by atoms with E-state index in [9.17, 15) is 18.0 Å². The summed E-state index contributed by atoms with van der Waals surface area (Å²) in [5, 5.41) is 4.67. The van der Waals surface area contributed by atoms with Gasteiger partial charge in [-0.3, -0.25) is 13.9 Å². The topological polar surface area (TPSA) is 68.3 Å². The number of halogens is 3. The van der Waals surface area contributed by atoms with Crippen molar-refractivity contribution in [1.29, 1.82) is 0 Å². The lowest BCUT2D eigenvalue weighted by Gasteiger charge is -2.45. The van der Waals surface area contributed by atoms with Crippen molar-refractivity contribution in [3.05, 3.63) is 70.7 Å². The van der Waals surface area contributed by atoms with Gasteiger partial charge in [-0.2, -0.15) is 5.10 Å². The first-order valence-corrected chi connectivity index (χ1v) is 11.2. The first kappa shape index (κ1) is 20.9. The molecule has 1 aromatic carbocycles. The predicted octanol–water partition coefficient (Wildman–Crippen LogP) is 4.15. The molecule has 1 amide bonds. The van der Waals surface area contributed by atoms with Gasteiger partial charge in [-0.15, -0.1) is 0 Å². The molecule has 2 atom stereocenters. The lowest BCUT2D eigenvalue weighted by Crippen LogP contribution is -2.50. The molecule has 3 aromatic heterocycles. The molecule has 4 aromatic rings. The Labute approximate surface area is 192 Å². The summed E-state index contributed by atoms with van der Waals surface area (Å²) >= 11 is 0. The summed E-state index contributed by atoms with van der Waals surface area (Å²) in [6.45, 7) is 1.87. The summed E-state index contributed by atoms with van der Waals surface area (Å²) in [4.78, 5) is 24.3. The van der Waals surface area contributed by atoms with Gasteiger partial charge >= 0.3 is 0 Å². The van der Waals surface area contributed by atoms with E-state index in [4.69, 9.17) is 0 Å². The fourth-order valence-corrected chi connectivity index (χ4v) is 5.45. The standard InChI is InChI=1S/C24H21F3N6O/c1-12-6-7-32-19(11-28-24(32)29-12)23(34)33-14-4-3-5-18(33)21-15(10-14)22(31(2)30-21)13-8-16(25)20(27)17(26)9-13/h6-9,11,14,18H,3-5,10H2,1-2H3/t14-,18-/m1/s1. The van der Waals surface area contributed by atoms with Crippen molar-refractivity contribution in [3.8, 4) is 11.3 Å². The summed E-state index contributed by atoms with van der Waals surface area (Å²) in [7, 11) is 1.70. The van der Waals surface area contributed by atoms with E-state index in [0.717, 1.165) is 48.3 Å². The van der Waals surface area contributed by atoms with Crippen LogP contribution in [0.3, 0.4) is 0 Å². The van der Waals surface area contributed by atoms with Gasteiger partial charge in [-0.25, -0.2) is 23.1 Å². The Morgan fingerprint density at radius 2 is 1.91 bits per heavy atom. The third-order valence-corrected chi connectivity index (χ3v) is 6.91. The molecule has 5 heterocycles. The van der Waals surface area contributed by atoms with Gasteiger partial charge in [0.25, 0.3) is 5.91 Å². The van der Waals surface area contributed by atoms with Gasteiger partial charge in [0.05, 0.1) is 23.6 Å². The first-order chi connectivity index (χ1) is 16.3. The normalized spacial score (nSPS) is 19.5. The third kappa shape index (κ3) is 2.97. The molecule has 34 heavy (non-hydrogen) atoms. The molecule has 6 rings (SSSR count). The maximum Gasteiger partial charge on any atom is 0.273 e. The number of imidazole rings is 1. The fraction of sp³-hybridized carbons (Fsp3) is 0.333. The molecule has 2 aliphatic rings. The quantitative estimate of drug-likeness (QED) is 0.417. The van der Waals surface area contributed by atoms with E-state index in [0.29, 0.717) is 23.6 Å². The Bertz CT molecular complexity index is 1450. The van der Waals surface area contributed by atoms with E-state index >= 15 is 0 Å². The summed E-state index contributed by atoms with van der Waals surface area (Å²) < 4.78 is 44.8. The maximum atomic E-state index is 14.0. The van der Waals surface area contributed by atoms with E-state index in [-0.39, 0.29) is 23.6 Å². The van der Waals surface area contributed by atoms with E-state index in [1.165, 1.54) is 0 Å². The molecular weight excluding hydrogens is 445 g/mol. The Kier molecular flexibility index (Phi) is 4.55. The van der Waals surface area contributed by atoms with Crippen LogP contribution < -0.4 is 0 Å². The largest absolute Gasteiger partial charge is 0.325 e. The third-order valence-electron chi connectivity index (χ3n) is 6.91. The van der Waals surface area contributed by atoms with Gasteiger partial charge in [-0.05, 0) is 50.8 Å². The Morgan fingerprint density at radius 1 is 1.15 bits per heavy atom. The van der Waals surface area contributed by atoms with Crippen molar-refractivity contribution in [2.45, 2.75) is 44.7 Å². The van der Waals surface area contributed by atoms with Crippen LogP contribution in [0.1, 0.15) is 52.7 Å². The number of carbonyl (C=O) groups excluding carboxylic acids is 1. The van der Waals surface area contributed by atoms with Crippen LogP contribution in [0, 0.1) is 24.4 Å². The average molecular weight is 466 g/mol. The van der Waals surface area contributed by atoms with E-state index in [1.54, 1.807) is 28.5 Å². The van der Waals surface area contributed by atoms with Gasteiger partial charge in [-0.1, -0.05) is 0 Å². The molecule has 10 heteroatoms. The summed E-state index contributed by atoms with van der Waals surface area (Å²) in [5.41, 5.74) is 3.59. The number of amides is 1.